The average molecular weight is 464 g/mol. The van der Waals surface area contributed by atoms with Gasteiger partial charge in [-0.1, -0.05) is 74.0 Å². The minimum atomic E-state index is 0.156. The quantitative estimate of drug-likeness (QED) is 0.177. The second-order valence-corrected chi connectivity index (χ2v) is 8.15. The number of anilines is 2. The molecule has 0 atom stereocenters. The van der Waals surface area contributed by atoms with Gasteiger partial charge in [-0.25, -0.2) is 5.84 Å². The summed E-state index contributed by atoms with van der Waals surface area (Å²) >= 11 is 0. The van der Waals surface area contributed by atoms with E-state index < -0.39 is 0 Å². The molecule has 0 radical (unpaired) electrons. The van der Waals surface area contributed by atoms with E-state index in [1.807, 2.05) is 69.3 Å². The Morgan fingerprint density at radius 3 is 2.18 bits per heavy atom. The standard InChI is InChI=1S/C11H16O.C9H15N3.C9H10O/c1-3-4-10-6-5-9(2)11(7-10)8-12;1-3-12(11)8-6-4-5-7(2)9(8)10;10-8-4-7-9-5-2-1-3-6-9/h5-7,12H,3-4,8H2,1-2H3;4-6H,3,10-11H2,1-2H3;1-3,5-6,8H,4,7H2. The predicted octanol–water partition coefficient (Wildman–Crippen LogP) is 5.54. The molecule has 3 rings (SSSR count). The van der Waals surface area contributed by atoms with Gasteiger partial charge in [0.15, 0.2) is 0 Å². The van der Waals surface area contributed by atoms with Crippen LogP contribution >= 0.6 is 0 Å². The van der Waals surface area contributed by atoms with Gasteiger partial charge in [-0.3, -0.25) is 0 Å². The second kappa shape index (κ2) is 16.5. The molecule has 0 aromatic heterocycles. The summed E-state index contributed by atoms with van der Waals surface area (Å²) in [5.74, 6) is 5.72. The van der Waals surface area contributed by atoms with Gasteiger partial charge in [0.25, 0.3) is 0 Å². The topological polar surface area (TPSA) is 92.6 Å². The highest BCUT2D eigenvalue weighted by atomic mass is 16.3. The number of aliphatic hydroxyl groups excluding tert-OH is 1. The van der Waals surface area contributed by atoms with Crippen molar-refractivity contribution in [3.8, 4) is 0 Å². The van der Waals surface area contributed by atoms with Gasteiger partial charge in [0.1, 0.15) is 6.29 Å². The molecule has 0 amide bonds. The maximum Gasteiger partial charge on any atom is 0.120 e. The molecule has 0 aliphatic heterocycles. The van der Waals surface area contributed by atoms with Crippen LogP contribution in [0.25, 0.3) is 0 Å². The zero-order valence-electron chi connectivity index (χ0n) is 21.1. The first-order valence-electron chi connectivity index (χ1n) is 11.9. The highest BCUT2D eigenvalue weighted by molar-refractivity contribution is 5.70. The van der Waals surface area contributed by atoms with Crippen molar-refractivity contribution in [3.05, 3.63) is 94.5 Å². The van der Waals surface area contributed by atoms with Crippen molar-refractivity contribution in [2.75, 3.05) is 17.3 Å². The molecule has 5 heteroatoms. The van der Waals surface area contributed by atoms with Crippen LogP contribution in [0.2, 0.25) is 0 Å². The van der Waals surface area contributed by atoms with E-state index in [2.05, 4.69) is 25.1 Å². The van der Waals surface area contributed by atoms with E-state index in [9.17, 15) is 4.79 Å². The molecular formula is C29H41N3O2. The fourth-order valence-corrected chi connectivity index (χ4v) is 3.30. The minimum absolute atomic E-state index is 0.156. The zero-order valence-corrected chi connectivity index (χ0v) is 21.1. The summed E-state index contributed by atoms with van der Waals surface area (Å²) in [4.78, 5) is 9.98. The number of benzene rings is 3. The Bertz CT molecular complexity index is 974. The van der Waals surface area contributed by atoms with E-state index in [1.165, 1.54) is 16.7 Å². The van der Waals surface area contributed by atoms with Crippen molar-refractivity contribution in [3.63, 3.8) is 0 Å². The maximum absolute atomic E-state index is 9.98. The van der Waals surface area contributed by atoms with Gasteiger partial charge in [-0.15, -0.1) is 0 Å². The lowest BCUT2D eigenvalue weighted by molar-refractivity contribution is -0.107. The molecular weight excluding hydrogens is 422 g/mol. The van der Waals surface area contributed by atoms with Crippen molar-refractivity contribution in [2.24, 2.45) is 5.84 Å². The normalized spacial score (nSPS) is 9.82. The molecule has 5 nitrogen and oxygen atoms in total. The Morgan fingerprint density at radius 2 is 1.59 bits per heavy atom. The summed E-state index contributed by atoms with van der Waals surface area (Å²) in [6, 6.07) is 22.2. The molecule has 0 aliphatic rings. The molecule has 184 valence electrons. The molecule has 5 N–H and O–H groups in total. The molecule has 0 fully saturated rings. The maximum atomic E-state index is 9.98. The minimum Gasteiger partial charge on any atom is -0.397 e. The van der Waals surface area contributed by atoms with Crippen LogP contribution < -0.4 is 16.6 Å². The molecule has 0 saturated carbocycles. The molecule has 0 spiro atoms. The van der Waals surface area contributed by atoms with Gasteiger partial charge < -0.3 is 20.6 Å². The van der Waals surface area contributed by atoms with Gasteiger partial charge in [0.05, 0.1) is 18.0 Å². The Balaban J connectivity index is 0.000000256. The summed E-state index contributed by atoms with van der Waals surface area (Å²) < 4.78 is 0. The number of nitrogen functional groups attached to an aromatic ring is 1. The number of para-hydroxylation sites is 1. The Hall–Kier alpha value is -3.15. The van der Waals surface area contributed by atoms with Crippen LogP contribution in [0.5, 0.6) is 0 Å². The Morgan fingerprint density at radius 1 is 0.882 bits per heavy atom. The Labute approximate surface area is 205 Å². The van der Waals surface area contributed by atoms with E-state index in [4.69, 9.17) is 16.7 Å². The summed E-state index contributed by atoms with van der Waals surface area (Å²) in [5.41, 5.74) is 13.4. The SMILES string of the molecule is CCCc1ccc(C)c(CO)c1.CCN(N)c1cccc(C)c1N.O=CCCc1ccccc1. The Kier molecular flexibility index (Phi) is 14.0. The van der Waals surface area contributed by atoms with Crippen molar-refractivity contribution in [2.45, 2.75) is 60.0 Å². The van der Waals surface area contributed by atoms with Crippen molar-refractivity contribution in [1.29, 1.82) is 0 Å². The zero-order chi connectivity index (χ0) is 25.3. The number of aliphatic hydroxyl groups is 1. The molecule has 0 saturated heterocycles. The first kappa shape index (κ1) is 28.9. The first-order chi connectivity index (χ1) is 16.4. The number of nitrogens with zero attached hydrogens (tertiary/aromatic N) is 1. The van der Waals surface area contributed by atoms with E-state index in [1.54, 1.807) is 5.01 Å². The number of hydrogen-bond acceptors (Lipinski definition) is 5. The molecule has 0 aliphatic carbocycles. The largest absolute Gasteiger partial charge is 0.397 e. The highest BCUT2D eigenvalue weighted by Crippen LogP contribution is 2.23. The number of hydrogen-bond donors (Lipinski definition) is 3. The van der Waals surface area contributed by atoms with Gasteiger partial charge in [0.2, 0.25) is 0 Å². The third kappa shape index (κ3) is 10.2. The number of carbonyl (C=O) groups excluding carboxylic acids is 1. The number of carbonyl (C=O) groups is 1. The van der Waals surface area contributed by atoms with Crippen LogP contribution in [0.1, 0.15) is 54.5 Å². The summed E-state index contributed by atoms with van der Waals surface area (Å²) in [6.07, 6.45) is 4.71. The molecule has 34 heavy (non-hydrogen) atoms. The predicted molar refractivity (Wildman–Crippen MR) is 145 cm³/mol. The second-order valence-electron chi connectivity index (χ2n) is 8.15. The van der Waals surface area contributed by atoms with E-state index in [-0.39, 0.29) is 6.61 Å². The molecule has 0 heterocycles. The lowest BCUT2D eigenvalue weighted by atomic mass is 10.0. The number of aldehydes is 1. The van der Waals surface area contributed by atoms with Crippen molar-refractivity contribution in [1.82, 2.24) is 0 Å². The van der Waals surface area contributed by atoms with Crippen LogP contribution in [0.3, 0.4) is 0 Å². The molecule has 3 aromatic carbocycles. The number of nitrogens with two attached hydrogens (primary N) is 2. The van der Waals surface area contributed by atoms with Crippen LogP contribution in [0.4, 0.5) is 11.4 Å². The van der Waals surface area contributed by atoms with Crippen LogP contribution in [-0.4, -0.2) is 17.9 Å². The van der Waals surface area contributed by atoms with Gasteiger partial charge in [-0.05, 0) is 67.5 Å². The van der Waals surface area contributed by atoms with E-state index in [0.717, 1.165) is 54.6 Å². The molecule has 0 bridgehead atoms. The van der Waals surface area contributed by atoms with Crippen molar-refractivity contribution < 1.29 is 9.90 Å². The monoisotopic (exact) mass is 463 g/mol. The van der Waals surface area contributed by atoms with Crippen LogP contribution in [-0.2, 0) is 24.2 Å². The van der Waals surface area contributed by atoms with E-state index in [0.29, 0.717) is 6.42 Å². The summed E-state index contributed by atoms with van der Waals surface area (Å²) in [6.45, 7) is 9.07. The smallest absolute Gasteiger partial charge is 0.120 e. The summed E-state index contributed by atoms with van der Waals surface area (Å²) in [7, 11) is 0. The molecule has 0 unspecified atom stereocenters. The third-order valence-electron chi connectivity index (χ3n) is 5.47. The van der Waals surface area contributed by atoms with E-state index >= 15 is 0 Å². The highest BCUT2D eigenvalue weighted by Gasteiger charge is 2.04. The van der Waals surface area contributed by atoms with Crippen LogP contribution in [0, 0.1) is 13.8 Å². The average Bonchev–Trinajstić information content (AvgIpc) is 2.86. The number of rotatable bonds is 8. The molecule has 3 aromatic rings. The lowest BCUT2D eigenvalue weighted by Gasteiger charge is -2.19. The fourth-order valence-electron chi connectivity index (χ4n) is 3.30. The van der Waals surface area contributed by atoms with Gasteiger partial charge in [-0.2, -0.15) is 0 Å². The first-order valence-corrected chi connectivity index (χ1v) is 11.9. The lowest BCUT2D eigenvalue weighted by Crippen LogP contribution is -2.31. The fraction of sp³-hybridized carbons (Fsp3) is 0.345. The third-order valence-corrected chi connectivity index (χ3v) is 5.47. The van der Waals surface area contributed by atoms with Crippen molar-refractivity contribution >= 4 is 17.7 Å². The van der Waals surface area contributed by atoms with Gasteiger partial charge in [0, 0.05) is 13.0 Å². The summed E-state index contributed by atoms with van der Waals surface area (Å²) in [5, 5.41) is 10.7. The number of hydrazine groups is 1. The number of aryl methyl sites for hydroxylation is 4. The van der Waals surface area contributed by atoms with Crippen LogP contribution in [0.15, 0.2) is 66.7 Å². The van der Waals surface area contributed by atoms with Gasteiger partial charge >= 0.3 is 0 Å².